The molecule has 0 bridgehead atoms. The summed E-state index contributed by atoms with van der Waals surface area (Å²) >= 11 is 0. The summed E-state index contributed by atoms with van der Waals surface area (Å²) in [6.07, 6.45) is 4.34. The number of aryl methyl sites for hydroxylation is 2. The maximum Gasteiger partial charge on any atom is 0.262 e. The molecule has 0 radical (unpaired) electrons. The average molecular weight is 876 g/mol. The number of carbonyl (C=O) groups excluding carboxylic acids is 6. The molecule has 6 heterocycles. The summed E-state index contributed by atoms with van der Waals surface area (Å²) in [7, 11) is 0. The van der Waals surface area contributed by atoms with Crippen LogP contribution in [0.5, 0.6) is 11.5 Å². The molecule has 1 aromatic heterocycles. The van der Waals surface area contributed by atoms with E-state index in [0.717, 1.165) is 97.2 Å². The van der Waals surface area contributed by atoms with Gasteiger partial charge in [0.2, 0.25) is 17.7 Å². The van der Waals surface area contributed by atoms with Crippen LogP contribution in [-0.2, 0) is 27.3 Å². The van der Waals surface area contributed by atoms with Crippen LogP contribution in [0.15, 0.2) is 91.0 Å². The van der Waals surface area contributed by atoms with Gasteiger partial charge in [0.05, 0.1) is 11.1 Å². The van der Waals surface area contributed by atoms with E-state index in [0.29, 0.717) is 47.3 Å². The summed E-state index contributed by atoms with van der Waals surface area (Å²) in [5.41, 5.74) is 11.5. The number of rotatable bonds is 10. The quantitative estimate of drug-likeness (QED) is 0.125. The van der Waals surface area contributed by atoms with Crippen molar-refractivity contribution in [3.8, 4) is 22.8 Å². The van der Waals surface area contributed by atoms with Crippen LogP contribution in [0.3, 0.4) is 0 Å². The highest BCUT2D eigenvalue weighted by Crippen LogP contribution is 2.37. The van der Waals surface area contributed by atoms with Crippen molar-refractivity contribution in [2.45, 2.75) is 57.5 Å². The van der Waals surface area contributed by atoms with Crippen LogP contribution in [0.4, 0.5) is 22.9 Å². The molecule has 1 atom stereocenters. The topological polar surface area (TPSA) is 201 Å². The van der Waals surface area contributed by atoms with Crippen LogP contribution in [0.2, 0.25) is 0 Å². The van der Waals surface area contributed by atoms with Crippen LogP contribution in [0.1, 0.15) is 75.2 Å². The molecular weight excluding hydrogens is 827 g/mol. The number of nitrogens with zero attached hydrogens (tertiary/aromatic N) is 5. The number of carbonyl (C=O) groups is 6. The van der Waals surface area contributed by atoms with Crippen molar-refractivity contribution in [2.75, 3.05) is 48.3 Å². The zero-order valence-corrected chi connectivity index (χ0v) is 35.8. The van der Waals surface area contributed by atoms with E-state index in [1.54, 1.807) is 16.8 Å². The van der Waals surface area contributed by atoms with Crippen LogP contribution >= 0.6 is 0 Å². The molecule has 3 saturated heterocycles. The number of imide groups is 2. The number of benzene rings is 4. The minimum absolute atomic E-state index is 0.0167. The van der Waals surface area contributed by atoms with Crippen molar-refractivity contribution >= 4 is 58.3 Å². The van der Waals surface area contributed by atoms with E-state index in [2.05, 4.69) is 25.8 Å². The lowest BCUT2D eigenvalue weighted by atomic mass is 9.92. The van der Waals surface area contributed by atoms with E-state index < -0.39 is 35.6 Å². The van der Waals surface area contributed by atoms with E-state index in [4.69, 9.17) is 15.6 Å². The van der Waals surface area contributed by atoms with Crippen molar-refractivity contribution in [1.82, 2.24) is 24.9 Å². The number of likely N-dealkylation sites (tertiary alicyclic amines) is 1. The Kier molecular flexibility index (Phi) is 11.1. The van der Waals surface area contributed by atoms with Gasteiger partial charge in [0.15, 0.2) is 0 Å². The van der Waals surface area contributed by atoms with Gasteiger partial charge in [0.25, 0.3) is 17.7 Å². The Morgan fingerprint density at radius 1 is 0.754 bits per heavy atom. The highest BCUT2D eigenvalue weighted by molar-refractivity contribution is 6.23. The van der Waals surface area contributed by atoms with Gasteiger partial charge in [-0.15, -0.1) is 0 Å². The number of nitrogens with two attached hydrogens (primary N) is 1. The normalized spacial score (nSPS) is 19.2. The SMILES string of the molecule is NC(=O)c1c(-c2ccc(Oc3ccccc3)cc2)nn2c1Nc1ccc(NC(=O)C3CCN(CC4CCN(c5ccc6c(c5)C(=O)N(C5CCC(=O)NC5=O)C6=O)CC4)CC3)cc1CC2. The first kappa shape index (κ1) is 41.7. The lowest BCUT2D eigenvalue weighted by Crippen LogP contribution is -2.54. The molecule has 5 N–H and O–H groups in total. The maximum absolute atomic E-state index is 13.5. The average Bonchev–Trinajstić information content (AvgIpc) is 3.72. The minimum atomic E-state index is -0.986. The molecule has 1 unspecified atom stereocenters. The van der Waals surface area contributed by atoms with Gasteiger partial charge >= 0.3 is 0 Å². The van der Waals surface area contributed by atoms with Crippen LogP contribution in [0, 0.1) is 11.8 Å². The molecule has 0 spiro atoms. The second-order valence-corrected chi connectivity index (χ2v) is 17.5. The summed E-state index contributed by atoms with van der Waals surface area (Å²) in [6, 6.07) is 27.0. The fourth-order valence-corrected chi connectivity index (χ4v) is 9.86. The van der Waals surface area contributed by atoms with Gasteiger partial charge in [-0.2, -0.15) is 5.10 Å². The van der Waals surface area contributed by atoms with Gasteiger partial charge in [-0.3, -0.25) is 39.0 Å². The van der Waals surface area contributed by atoms with Crippen molar-refractivity contribution in [3.05, 3.63) is 113 Å². The molecule has 0 saturated carbocycles. The second kappa shape index (κ2) is 17.3. The molecule has 332 valence electrons. The third-order valence-electron chi connectivity index (χ3n) is 13.4. The highest BCUT2D eigenvalue weighted by Gasteiger charge is 2.45. The predicted octanol–water partition coefficient (Wildman–Crippen LogP) is 5.71. The number of para-hydroxylation sites is 1. The minimum Gasteiger partial charge on any atom is -0.457 e. The summed E-state index contributed by atoms with van der Waals surface area (Å²) in [5.74, 6) is -0.263. The second-order valence-electron chi connectivity index (χ2n) is 17.5. The van der Waals surface area contributed by atoms with Crippen LogP contribution < -0.4 is 31.3 Å². The summed E-state index contributed by atoms with van der Waals surface area (Å²) < 4.78 is 7.72. The molecule has 16 nitrogen and oxygen atoms in total. The van der Waals surface area contributed by atoms with E-state index in [1.807, 2.05) is 78.9 Å². The number of amides is 6. The van der Waals surface area contributed by atoms with Crippen LogP contribution in [0.25, 0.3) is 11.3 Å². The third-order valence-corrected chi connectivity index (χ3v) is 13.4. The predicted molar refractivity (Wildman–Crippen MR) is 242 cm³/mol. The van der Waals surface area contributed by atoms with Crippen molar-refractivity contribution < 1.29 is 33.5 Å². The number of hydrogen-bond acceptors (Lipinski definition) is 11. The van der Waals surface area contributed by atoms with E-state index >= 15 is 0 Å². The van der Waals surface area contributed by atoms with Gasteiger partial charge in [0, 0.05) is 61.1 Å². The molecule has 0 aliphatic carbocycles. The molecule has 10 rings (SSSR count). The number of primary amides is 1. The number of fused-ring (bicyclic) bond motifs is 3. The van der Waals surface area contributed by atoms with Gasteiger partial charge in [-0.05, 0) is 136 Å². The van der Waals surface area contributed by atoms with E-state index in [9.17, 15) is 28.8 Å². The molecule has 5 aromatic rings. The maximum atomic E-state index is 13.5. The standard InChI is InChI=1S/C49H49N9O7/c50-44(60)42-43(30-6-10-36(11-7-30)65-35-4-2-1-3-5-35)54-57-25-20-32-26-33(8-13-39(32)52-45(42)57)51-46(61)31-18-21-55(22-19-31)28-29-16-23-56(24-17-29)34-9-12-37-38(27-34)49(64)58(48(37)63)40-14-15-41(59)53-47(40)62/h1-13,26-27,29,31,40,52H,14-25,28H2,(H2,50,60)(H,51,61)(H,53,59,62). The molecule has 6 amide bonds. The molecule has 16 heteroatoms. The van der Waals surface area contributed by atoms with E-state index in [-0.39, 0.29) is 30.2 Å². The summed E-state index contributed by atoms with van der Waals surface area (Å²) in [5, 5.41) is 13.6. The smallest absolute Gasteiger partial charge is 0.262 e. The molecule has 5 aliphatic heterocycles. The number of aromatic nitrogens is 2. The zero-order valence-electron chi connectivity index (χ0n) is 35.8. The van der Waals surface area contributed by atoms with Crippen molar-refractivity contribution in [1.29, 1.82) is 0 Å². The first-order valence-electron chi connectivity index (χ1n) is 22.3. The monoisotopic (exact) mass is 875 g/mol. The van der Waals surface area contributed by atoms with Gasteiger partial charge in [-0.25, -0.2) is 4.68 Å². The first-order valence-corrected chi connectivity index (χ1v) is 22.3. The lowest BCUT2D eigenvalue weighted by Gasteiger charge is -2.38. The number of anilines is 4. The molecule has 65 heavy (non-hydrogen) atoms. The lowest BCUT2D eigenvalue weighted by molar-refractivity contribution is -0.136. The zero-order chi connectivity index (χ0) is 44.8. The highest BCUT2D eigenvalue weighted by atomic mass is 16.5. The van der Waals surface area contributed by atoms with Crippen LogP contribution in [-0.4, -0.2) is 93.8 Å². The molecule has 3 fully saturated rings. The van der Waals surface area contributed by atoms with Crippen molar-refractivity contribution in [2.24, 2.45) is 17.6 Å². The largest absolute Gasteiger partial charge is 0.457 e. The Balaban J connectivity index is 0.702. The molecule has 5 aliphatic rings. The third kappa shape index (κ3) is 8.32. The van der Waals surface area contributed by atoms with Gasteiger partial charge in [0.1, 0.15) is 34.6 Å². The Bertz CT molecular complexity index is 2720. The number of piperidine rings is 3. The number of hydrogen-bond donors (Lipinski definition) is 4. The van der Waals surface area contributed by atoms with Gasteiger partial charge < -0.3 is 30.9 Å². The Morgan fingerprint density at radius 2 is 1.49 bits per heavy atom. The summed E-state index contributed by atoms with van der Waals surface area (Å²) in [6.45, 7) is 4.79. The van der Waals surface area contributed by atoms with E-state index in [1.165, 1.54) is 0 Å². The van der Waals surface area contributed by atoms with Gasteiger partial charge in [-0.1, -0.05) is 18.2 Å². The molecular formula is C49H49N9O7. The molecule has 4 aromatic carbocycles. The number of nitrogens with one attached hydrogen (secondary N) is 3. The Labute approximate surface area is 375 Å². The number of ether oxygens (including phenoxy) is 1. The fraction of sp³-hybridized carbons (Fsp3) is 0.327. The Hall–Kier alpha value is -7.33. The summed E-state index contributed by atoms with van der Waals surface area (Å²) in [4.78, 5) is 82.8. The fourth-order valence-electron chi connectivity index (χ4n) is 9.86. The first-order chi connectivity index (χ1) is 31.6. The van der Waals surface area contributed by atoms with Crippen molar-refractivity contribution in [3.63, 3.8) is 0 Å². The Morgan fingerprint density at radius 3 is 2.23 bits per heavy atom.